The minimum absolute atomic E-state index is 0.0428. The molecule has 10 heteroatoms. The molecule has 1 aromatic heterocycles. The lowest BCUT2D eigenvalue weighted by atomic mass is 10.2. The summed E-state index contributed by atoms with van der Waals surface area (Å²) in [6.45, 7) is 7.60. The van der Waals surface area contributed by atoms with Crippen LogP contribution in [0.15, 0.2) is 53.7 Å². The van der Waals surface area contributed by atoms with Crippen molar-refractivity contribution in [3.05, 3.63) is 54.4 Å². The minimum Gasteiger partial charge on any atom is -0.691 e. The summed E-state index contributed by atoms with van der Waals surface area (Å²) in [7, 11) is 8.38. The molecule has 2 rings (SSSR count). The van der Waals surface area contributed by atoms with E-state index < -0.39 is 0 Å². The van der Waals surface area contributed by atoms with Crippen LogP contribution in [0.2, 0.25) is 0 Å². The molecule has 1 aromatic carbocycles. The number of aromatic nitrogens is 1. The van der Waals surface area contributed by atoms with Crippen LogP contribution in [0.25, 0.3) is 0 Å². The van der Waals surface area contributed by atoms with Crippen LogP contribution in [0.4, 0.5) is 5.69 Å². The Bertz CT molecular complexity index is 858. The Hall–Kier alpha value is -2.50. The molecule has 196 valence electrons. The molecule has 2 N–H and O–H groups in total. The second kappa shape index (κ2) is 18.8. The van der Waals surface area contributed by atoms with E-state index in [0.29, 0.717) is 12.8 Å². The lowest BCUT2D eigenvalue weighted by molar-refractivity contribution is -0.870. The van der Waals surface area contributed by atoms with Crippen LogP contribution >= 0.6 is 12.0 Å². The van der Waals surface area contributed by atoms with E-state index in [1.807, 2.05) is 81.2 Å². The first-order valence-electron chi connectivity index (χ1n) is 11.5. The molecular weight excluding hydrogens is 468 g/mol. The third-order valence-electron chi connectivity index (χ3n) is 4.37. The number of nitrogens with one attached hydrogen (secondary N) is 2. The highest BCUT2D eigenvalue weighted by molar-refractivity contribution is 7.94. The van der Waals surface area contributed by atoms with Crippen molar-refractivity contribution in [3.63, 3.8) is 0 Å². The Morgan fingerprint density at radius 2 is 1.69 bits per heavy atom. The Labute approximate surface area is 214 Å². The van der Waals surface area contributed by atoms with Gasteiger partial charge in [-0.2, -0.15) is 4.33 Å². The fourth-order valence-corrected chi connectivity index (χ4v) is 2.82. The van der Waals surface area contributed by atoms with Crippen molar-refractivity contribution in [2.75, 3.05) is 39.5 Å². The van der Waals surface area contributed by atoms with Gasteiger partial charge in [0.05, 0.1) is 39.7 Å². The molecular formula is C25H41N4O5S+. The van der Waals surface area contributed by atoms with Gasteiger partial charge in [0, 0.05) is 36.8 Å². The van der Waals surface area contributed by atoms with Crippen LogP contribution in [0.1, 0.15) is 38.7 Å². The quantitative estimate of drug-likeness (QED) is 0.127. The van der Waals surface area contributed by atoms with Crippen molar-refractivity contribution in [1.82, 2.24) is 5.32 Å². The molecule has 0 atom stereocenters. The van der Waals surface area contributed by atoms with Crippen LogP contribution in [0.5, 0.6) is 0 Å². The molecule has 0 aliphatic heterocycles. The van der Waals surface area contributed by atoms with Gasteiger partial charge < -0.3 is 20.4 Å². The normalized spacial score (nSPS) is 10.3. The number of rotatable bonds is 10. The van der Waals surface area contributed by atoms with Gasteiger partial charge in [-0.1, -0.05) is 31.5 Å². The van der Waals surface area contributed by atoms with E-state index in [1.165, 1.54) is 0 Å². The van der Waals surface area contributed by atoms with Crippen molar-refractivity contribution >= 4 is 29.5 Å². The van der Waals surface area contributed by atoms with E-state index in [0.717, 1.165) is 52.2 Å². The van der Waals surface area contributed by atoms with E-state index in [2.05, 4.69) is 41.1 Å². The van der Waals surface area contributed by atoms with Gasteiger partial charge in [0.15, 0.2) is 12.4 Å². The van der Waals surface area contributed by atoms with Crippen molar-refractivity contribution in [3.8, 4) is 0 Å². The van der Waals surface area contributed by atoms with E-state index in [9.17, 15) is 14.8 Å². The molecule has 0 fully saturated rings. The zero-order chi connectivity index (χ0) is 26.7. The summed E-state index contributed by atoms with van der Waals surface area (Å²) < 4.78 is 6.97. The van der Waals surface area contributed by atoms with Gasteiger partial charge >= 0.3 is 0 Å². The number of aryl methyl sites for hydroxylation is 2. The van der Waals surface area contributed by atoms with Gasteiger partial charge in [-0.3, -0.25) is 14.6 Å². The van der Waals surface area contributed by atoms with Gasteiger partial charge in [0.25, 0.3) is 0 Å². The number of carbonyl (C=O) groups is 2. The minimum atomic E-state index is 0.0428. The number of anilines is 1. The van der Waals surface area contributed by atoms with Crippen LogP contribution in [-0.4, -0.2) is 50.5 Å². The van der Waals surface area contributed by atoms with Gasteiger partial charge in [-0.25, -0.2) is 4.57 Å². The summed E-state index contributed by atoms with van der Waals surface area (Å²) in [5.41, 5.74) is 2.00. The molecule has 2 aromatic rings. The highest BCUT2D eigenvalue weighted by Gasteiger charge is 2.05. The number of quaternary nitrogens is 1. The van der Waals surface area contributed by atoms with Crippen LogP contribution in [0, 0.1) is 6.92 Å². The predicted molar refractivity (Wildman–Crippen MR) is 137 cm³/mol. The summed E-state index contributed by atoms with van der Waals surface area (Å²) >= 11 is 0.894. The van der Waals surface area contributed by atoms with E-state index in [4.69, 9.17) is 0 Å². The summed E-state index contributed by atoms with van der Waals surface area (Å²) in [6.07, 6.45) is 5.94. The Morgan fingerprint density at radius 1 is 1.06 bits per heavy atom. The number of pyridine rings is 1. The van der Waals surface area contributed by atoms with Crippen LogP contribution in [0.3, 0.4) is 0 Å². The molecule has 9 nitrogen and oxygen atoms in total. The third kappa shape index (κ3) is 19.5. The fourth-order valence-electron chi connectivity index (χ4n) is 2.46. The van der Waals surface area contributed by atoms with Crippen molar-refractivity contribution in [1.29, 1.82) is 0 Å². The molecule has 0 aliphatic rings. The lowest BCUT2D eigenvalue weighted by Gasteiger charge is -2.23. The van der Waals surface area contributed by atoms with Crippen molar-refractivity contribution in [2.45, 2.75) is 44.9 Å². The first-order valence-corrected chi connectivity index (χ1v) is 12.3. The molecule has 0 saturated heterocycles. The summed E-state index contributed by atoms with van der Waals surface area (Å²) in [6, 6.07) is 11.3. The zero-order valence-corrected chi connectivity index (χ0v) is 22.8. The SMILES string of the molecule is CCC(=O)NCCC[N+](C)(C)C.CCC(=O)Nc1ccc[n+](C)c1.Cc1ccc(SOO[O-])cc1. The molecule has 0 bridgehead atoms. The number of benzene rings is 1. The molecule has 35 heavy (non-hydrogen) atoms. The van der Waals surface area contributed by atoms with Gasteiger partial charge in [-0.15, -0.1) is 0 Å². The molecule has 0 saturated carbocycles. The van der Waals surface area contributed by atoms with Gasteiger partial charge in [0.1, 0.15) is 12.7 Å². The number of carbonyl (C=O) groups excluding carboxylic acids is 2. The molecule has 0 unspecified atom stereocenters. The number of hydrogen-bond donors (Lipinski definition) is 2. The monoisotopic (exact) mass is 509 g/mol. The Balaban J connectivity index is 0.000000496. The molecule has 0 aliphatic carbocycles. The first kappa shape index (κ1) is 32.5. The van der Waals surface area contributed by atoms with Crippen LogP contribution in [-0.2, 0) is 26.0 Å². The van der Waals surface area contributed by atoms with E-state index in [1.54, 1.807) is 0 Å². The largest absolute Gasteiger partial charge is 0.691 e. The van der Waals surface area contributed by atoms with Gasteiger partial charge in [0.2, 0.25) is 11.8 Å². The van der Waals surface area contributed by atoms with Crippen molar-refractivity contribution in [2.24, 2.45) is 7.05 Å². The maximum atomic E-state index is 11.0. The highest BCUT2D eigenvalue weighted by Crippen LogP contribution is 2.18. The molecule has 0 spiro atoms. The zero-order valence-electron chi connectivity index (χ0n) is 22.0. The summed E-state index contributed by atoms with van der Waals surface area (Å²) in [5.74, 6) is 0.192. The van der Waals surface area contributed by atoms with Gasteiger partial charge in [-0.05, 0) is 25.1 Å². The van der Waals surface area contributed by atoms with Crippen molar-refractivity contribution < 1.29 is 33.3 Å². The second-order valence-corrected chi connectivity index (χ2v) is 9.54. The predicted octanol–water partition coefficient (Wildman–Crippen LogP) is 2.69. The number of hydrogen-bond acceptors (Lipinski definition) is 6. The topological polar surface area (TPSA) is 104 Å². The summed E-state index contributed by atoms with van der Waals surface area (Å²) in [4.78, 5) is 22.6. The number of amides is 2. The molecule has 1 heterocycles. The van der Waals surface area contributed by atoms with Crippen LogP contribution < -0.4 is 20.5 Å². The molecule has 2 amide bonds. The fraction of sp³-hybridized carbons (Fsp3) is 0.480. The first-order chi connectivity index (χ1) is 16.5. The standard InChI is InChI=1S/C9H12N2O.C9H20N2O.C7H8O3S/c1-3-9(12)10-8-5-4-6-11(2)7-8;1-5-9(12)10-7-6-8-11(2,3)4;1-6-2-4-7(5-3-6)11-10-9-8/h4-7H,3H2,1-2H3;5-8H2,1-4H3;2-5,8H,1H3/p+1. The third-order valence-corrected chi connectivity index (χ3v) is 4.96. The van der Waals surface area contributed by atoms with E-state index in [-0.39, 0.29) is 11.8 Å². The Kier molecular flexibility index (Phi) is 17.4. The smallest absolute Gasteiger partial charge is 0.224 e. The maximum Gasteiger partial charge on any atom is 0.224 e. The van der Waals surface area contributed by atoms with E-state index >= 15 is 0 Å². The Morgan fingerprint density at radius 3 is 2.20 bits per heavy atom. The molecule has 0 radical (unpaired) electrons. The average Bonchev–Trinajstić information content (AvgIpc) is 2.81. The summed E-state index contributed by atoms with van der Waals surface area (Å²) in [5, 5.41) is 18.2. The average molecular weight is 510 g/mol. The lowest BCUT2D eigenvalue weighted by Crippen LogP contribution is -2.37. The highest BCUT2D eigenvalue weighted by atomic mass is 32.2. The second-order valence-electron chi connectivity index (χ2n) is 8.76. The maximum absolute atomic E-state index is 11.0. The number of nitrogens with zero attached hydrogens (tertiary/aromatic N) is 2.